The van der Waals surface area contributed by atoms with E-state index in [1.807, 2.05) is 24.5 Å². The van der Waals surface area contributed by atoms with Crippen molar-refractivity contribution in [2.75, 3.05) is 7.05 Å². The molecule has 0 spiro atoms. The summed E-state index contributed by atoms with van der Waals surface area (Å²) in [6.07, 6.45) is 8.48. The number of hydrogen-bond donors (Lipinski definition) is 0. The van der Waals surface area contributed by atoms with Crippen molar-refractivity contribution < 1.29 is 0 Å². The van der Waals surface area contributed by atoms with Gasteiger partial charge in [0.15, 0.2) is 5.82 Å². The largest absolute Gasteiger partial charge is 0.295 e. The van der Waals surface area contributed by atoms with Crippen molar-refractivity contribution in [3.8, 4) is 5.69 Å². The molecule has 3 aromatic rings. The molecule has 28 heavy (non-hydrogen) atoms. The Kier molecular flexibility index (Phi) is 4.65. The van der Waals surface area contributed by atoms with Crippen molar-refractivity contribution in [3.63, 3.8) is 0 Å². The highest BCUT2D eigenvalue weighted by atomic mass is 35.5. The van der Waals surface area contributed by atoms with Crippen LogP contribution in [0.15, 0.2) is 42.7 Å². The van der Waals surface area contributed by atoms with Crippen LogP contribution in [0.25, 0.3) is 5.69 Å². The molecule has 144 valence electrons. The van der Waals surface area contributed by atoms with Crippen molar-refractivity contribution >= 4 is 11.6 Å². The van der Waals surface area contributed by atoms with Crippen LogP contribution in [0.5, 0.6) is 0 Å². The van der Waals surface area contributed by atoms with E-state index < -0.39 is 0 Å². The van der Waals surface area contributed by atoms with Gasteiger partial charge in [0.25, 0.3) is 0 Å². The van der Waals surface area contributed by atoms with Crippen LogP contribution in [0.3, 0.4) is 0 Å². The molecule has 3 heterocycles. The third-order valence-electron chi connectivity index (χ3n) is 6.14. The molecule has 1 aliphatic heterocycles. The molecule has 2 aromatic heterocycles. The summed E-state index contributed by atoms with van der Waals surface area (Å²) in [5.74, 6) is 3.18. The number of rotatable bonds is 2. The standard InChI is InChI=1S/C22H24ClN5/c1-27-13-18-11-19(23)8-9-20(18)28-21(14-27)25-26-22(28)16-6-4-15(5-7-16)17-3-2-10-24-12-17/h2-3,8-12,15-16H,4-7,13-14H2,1H3. The fourth-order valence-electron chi connectivity index (χ4n) is 4.75. The molecule has 0 amide bonds. The summed E-state index contributed by atoms with van der Waals surface area (Å²) >= 11 is 6.28. The minimum Gasteiger partial charge on any atom is -0.295 e. The number of pyridine rings is 1. The van der Waals surface area contributed by atoms with Crippen LogP contribution in [-0.4, -0.2) is 31.7 Å². The third kappa shape index (κ3) is 3.23. The SMILES string of the molecule is CN1Cc2cc(Cl)ccc2-n2c(nnc2C2CCC(c3cccnc3)CC2)C1. The summed E-state index contributed by atoms with van der Waals surface area (Å²) in [7, 11) is 2.12. The maximum atomic E-state index is 6.28. The van der Waals surface area contributed by atoms with Crippen LogP contribution in [0.4, 0.5) is 0 Å². The monoisotopic (exact) mass is 393 g/mol. The first-order valence-electron chi connectivity index (χ1n) is 10.0. The van der Waals surface area contributed by atoms with Crippen molar-refractivity contribution in [2.24, 2.45) is 0 Å². The Bertz CT molecular complexity index is 976. The Morgan fingerprint density at radius 3 is 2.61 bits per heavy atom. The molecule has 0 radical (unpaired) electrons. The Morgan fingerprint density at radius 1 is 1.00 bits per heavy atom. The van der Waals surface area contributed by atoms with Gasteiger partial charge in [-0.05, 0) is 74.0 Å². The maximum absolute atomic E-state index is 6.28. The molecule has 6 heteroatoms. The lowest BCUT2D eigenvalue weighted by Gasteiger charge is -2.28. The number of hydrogen-bond acceptors (Lipinski definition) is 4. The van der Waals surface area contributed by atoms with Gasteiger partial charge in [-0.1, -0.05) is 17.7 Å². The van der Waals surface area contributed by atoms with Crippen LogP contribution < -0.4 is 0 Å². The Hall–Kier alpha value is -2.24. The van der Waals surface area contributed by atoms with E-state index in [-0.39, 0.29) is 0 Å². The van der Waals surface area contributed by atoms with Gasteiger partial charge in [0, 0.05) is 29.9 Å². The Morgan fingerprint density at radius 2 is 1.82 bits per heavy atom. The summed E-state index contributed by atoms with van der Waals surface area (Å²) in [5, 5.41) is 10.0. The molecule has 5 rings (SSSR count). The lowest BCUT2D eigenvalue weighted by Crippen LogP contribution is -2.17. The van der Waals surface area contributed by atoms with Crippen LogP contribution in [0.2, 0.25) is 5.02 Å². The fraction of sp³-hybridized carbons (Fsp3) is 0.409. The van der Waals surface area contributed by atoms with Gasteiger partial charge in [-0.15, -0.1) is 10.2 Å². The van der Waals surface area contributed by atoms with Crippen molar-refractivity contribution in [1.82, 2.24) is 24.6 Å². The van der Waals surface area contributed by atoms with E-state index in [2.05, 4.69) is 49.9 Å². The predicted molar refractivity (Wildman–Crippen MR) is 110 cm³/mol. The second-order valence-electron chi connectivity index (χ2n) is 8.09. The Balaban J connectivity index is 1.45. The maximum Gasteiger partial charge on any atom is 0.151 e. The highest BCUT2D eigenvalue weighted by Gasteiger charge is 2.30. The molecule has 1 fully saturated rings. The van der Waals surface area contributed by atoms with Gasteiger partial charge in [-0.25, -0.2) is 0 Å². The van der Waals surface area contributed by atoms with Crippen LogP contribution in [0, 0.1) is 0 Å². The first-order chi connectivity index (χ1) is 13.7. The Labute approximate surface area is 170 Å². The molecule has 0 bridgehead atoms. The van der Waals surface area contributed by atoms with E-state index in [0.717, 1.165) is 42.6 Å². The lowest BCUT2D eigenvalue weighted by atomic mass is 9.79. The summed E-state index contributed by atoms with van der Waals surface area (Å²) in [5.41, 5.74) is 3.78. The van der Waals surface area contributed by atoms with E-state index in [9.17, 15) is 0 Å². The smallest absolute Gasteiger partial charge is 0.151 e. The number of halogens is 1. The molecule has 1 saturated carbocycles. The van der Waals surface area contributed by atoms with Gasteiger partial charge in [0.2, 0.25) is 0 Å². The molecular formula is C22H24ClN5. The van der Waals surface area contributed by atoms with Gasteiger partial charge in [0.05, 0.1) is 12.2 Å². The summed E-state index contributed by atoms with van der Waals surface area (Å²) in [6, 6.07) is 10.4. The molecule has 1 aromatic carbocycles. The van der Waals surface area contributed by atoms with Crippen molar-refractivity contribution in [2.45, 2.75) is 50.6 Å². The van der Waals surface area contributed by atoms with Crippen LogP contribution in [-0.2, 0) is 13.1 Å². The molecule has 2 aliphatic rings. The highest BCUT2D eigenvalue weighted by Crippen LogP contribution is 2.41. The predicted octanol–water partition coefficient (Wildman–Crippen LogP) is 4.70. The average Bonchev–Trinajstić information content (AvgIpc) is 3.06. The first kappa shape index (κ1) is 17.8. The minimum absolute atomic E-state index is 0.445. The lowest BCUT2D eigenvalue weighted by molar-refractivity contribution is 0.315. The summed E-state index contributed by atoms with van der Waals surface area (Å²) < 4.78 is 2.30. The first-order valence-corrected chi connectivity index (χ1v) is 10.4. The zero-order chi connectivity index (χ0) is 19.1. The van der Waals surface area contributed by atoms with Crippen LogP contribution >= 0.6 is 11.6 Å². The zero-order valence-electron chi connectivity index (χ0n) is 16.1. The molecule has 0 atom stereocenters. The van der Waals surface area contributed by atoms with E-state index in [1.54, 1.807) is 0 Å². The average molecular weight is 394 g/mol. The fourth-order valence-corrected chi connectivity index (χ4v) is 4.94. The number of aromatic nitrogens is 4. The van der Waals surface area contributed by atoms with E-state index in [1.165, 1.54) is 29.7 Å². The third-order valence-corrected chi connectivity index (χ3v) is 6.37. The number of benzene rings is 1. The van der Waals surface area contributed by atoms with Gasteiger partial charge in [-0.2, -0.15) is 0 Å². The van der Waals surface area contributed by atoms with Crippen molar-refractivity contribution in [3.05, 3.63) is 70.5 Å². The van der Waals surface area contributed by atoms with Gasteiger partial charge in [-0.3, -0.25) is 14.5 Å². The van der Waals surface area contributed by atoms with E-state index >= 15 is 0 Å². The van der Waals surface area contributed by atoms with Gasteiger partial charge in [0.1, 0.15) is 5.82 Å². The molecule has 5 nitrogen and oxygen atoms in total. The minimum atomic E-state index is 0.445. The molecular weight excluding hydrogens is 370 g/mol. The highest BCUT2D eigenvalue weighted by molar-refractivity contribution is 6.30. The molecule has 0 unspecified atom stereocenters. The van der Waals surface area contributed by atoms with Gasteiger partial charge < -0.3 is 0 Å². The molecule has 1 aliphatic carbocycles. The van der Waals surface area contributed by atoms with E-state index in [4.69, 9.17) is 11.6 Å². The van der Waals surface area contributed by atoms with Gasteiger partial charge >= 0.3 is 0 Å². The normalized spacial score (nSPS) is 22.4. The van der Waals surface area contributed by atoms with Crippen LogP contribution in [0.1, 0.15) is 60.3 Å². The second kappa shape index (κ2) is 7.30. The molecule has 0 saturated heterocycles. The van der Waals surface area contributed by atoms with Crippen molar-refractivity contribution in [1.29, 1.82) is 0 Å². The zero-order valence-corrected chi connectivity index (χ0v) is 16.8. The molecule has 0 N–H and O–H groups in total. The topological polar surface area (TPSA) is 46.8 Å². The summed E-state index contributed by atoms with van der Waals surface area (Å²) in [6.45, 7) is 1.66. The van der Waals surface area contributed by atoms with E-state index in [0.29, 0.717) is 11.8 Å². The number of nitrogens with zero attached hydrogens (tertiary/aromatic N) is 5. The quantitative estimate of drug-likeness (QED) is 0.633. The second-order valence-corrected chi connectivity index (χ2v) is 8.53. The summed E-state index contributed by atoms with van der Waals surface area (Å²) in [4.78, 5) is 6.56. The number of fused-ring (bicyclic) bond motifs is 3.